The third-order valence-electron chi connectivity index (χ3n) is 3.12. The van der Waals surface area contributed by atoms with Crippen molar-refractivity contribution in [1.82, 2.24) is 0 Å². The molecule has 0 aliphatic heterocycles. The molecule has 2 atom stereocenters. The third kappa shape index (κ3) is 4.67. The number of ether oxygens (including phenoxy) is 2. The highest BCUT2D eigenvalue weighted by Crippen LogP contribution is 2.13. The van der Waals surface area contributed by atoms with Crippen molar-refractivity contribution >= 4 is 23.9 Å². The fourth-order valence-corrected chi connectivity index (χ4v) is 1.91. The normalized spacial score (nSPS) is 14.2. The van der Waals surface area contributed by atoms with Crippen molar-refractivity contribution in [2.75, 3.05) is 0 Å². The van der Waals surface area contributed by atoms with Crippen LogP contribution in [0.25, 0.3) is 0 Å². The molecule has 0 unspecified atom stereocenters. The van der Waals surface area contributed by atoms with Crippen LogP contribution in [0.5, 0.6) is 0 Å². The molecule has 0 saturated heterocycles. The van der Waals surface area contributed by atoms with Gasteiger partial charge in [-0.25, -0.2) is 19.2 Å². The van der Waals surface area contributed by atoms with Crippen molar-refractivity contribution in [2.24, 2.45) is 0 Å². The van der Waals surface area contributed by atoms with Crippen LogP contribution in [0.1, 0.15) is 22.1 Å². The Morgan fingerprint density at radius 2 is 1.15 bits per heavy atom. The predicted molar refractivity (Wildman–Crippen MR) is 86.6 cm³/mol. The lowest BCUT2D eigenvalue weighted by Gasteiger charge is -2.21. The van der Waals surface area contributed by atoms with Gasteiger partial charge >= 0.3 is 23.9 Å². The molecule has 2 aromatic carbocycles. The van der Waals surface area contributed by atoms with Gasteiger partial charge in [0.25, 0.3) is 0 Å². The van der Waals surface area contributed by atoms with Gasteiger partial charge in [0, 0.05) is 0 Å². The third-order valence-corrected chi connectivity index (χ3v) is 3.12. The molecule has 2 N–H and O–H groups in total. The van der Waals surface area contributed by atoms with Gasteiger partial charge in [-0.1, -0.05) is 36.4 Å². The van der Waals surface area contributed by atoms with E-state index in [1.165, 1.54) is 48.5 Å². The van der Waals surface area contributed by atoms with Crippen LogP contribution in [-0.4, -0.2) is 46.3 Å². The first-order valence-corrected chi connectivity index (χ1v) is 7.26. The van der Waals surface area contributed by atoms with Crippen LogP contribution in [-0.2, 0) is 19.1 Å². The molecule has 0 fully saturated rings. The Balaban J connectivity index is 2.31. The molecule has 0 radical (unpaired) electrons. The maximum Gasteiger partial charge on any atom is 0.349 e. The standard InChI is InChI=1S/C18H14O8/c19-15(20)13(25-17(23)11-7-3-1-4-8-11)14(16(21)22)26-18(24)12-9-5-2-6-10-12/h1-10,13-14H,(H,19,20)(H,21,22)/t13-,14-/m0/s1/i13D. The number of carbonyl (C=O) groups is 4. The van der Waals surface area contributed by atoms with Crippen molar-refractivity contribution in [3.05, 3.63) is 71.8 Å². The highest BCUT2D eigenvalue weighted by molar-refractivity contribution is 5.95. The first-order valence-electron chi connectivity index (χ1n) is 7.76. The van der Waals surface area contributed by atoms with E-state index in [1.807, 2.05) is 0 Å². The van der Waals surface area contributed by atoms with Gasteiger partial charge < -0.3 is 19.7 Å². The van der Waals surface area contributed by atoms with Crippen molar-refractivity contribution in [1.29, 1.82) is 0 Å². The van der Waals surface area contributed by atoms with E-state index in [0.717, 1.165) is 0 Å². The summed E-state index contributed by atoms with van der Waals surface area (Å²) in [6.07, 6.45) is -6.00. The first kappa shape index (κ1) is 17.2. The molecule has 2 rings (SSSR count). The summed E-state index contributed by atoms with van der Waals surface area (Å²) in [5.74, 6) is -6.51. The molecule has 0 heterocycles. The SMILES string of the molecule is [2H][C@@](OC(=O)c1ccccc1)(C(=O)O)[C@H](OC(=O)c1ccccc1)C(=O)O. The Morgan fingerprint density at radius 1 is 0.731 bits per heavy atom. The quantitative estimate of drug-likeness (QED) is 0.714. The zero-order valence-corrected chi connectivity index (χ0v) is 13.2. The number of carboxylic acid groups (broad SMARTS) is 2. The van der Waals surface area contributed by atoms with Gasteiger partial charge in [0.05, 0.1) is 12.5 Å². The van der Waals surface area contributed by atoms with Crippen LogP contribution in [0.15, 0.2) is 60.7 Å². The lowest BCUT2D eigenvalue weighted by atomic mass is 10.1. The average molecular weight is 359 g/mol. The minimum Gasteiger partial charge on any atom is -0.478 e. The predicted octanol–water partition coefficient (Wildman–Crippen LogP) is 1.61. The Morgan fingerprint density at radius 3 is 1.54 bits per heavy atom. The van der Waals surface area contributed by atoms with Gasteiger partial charge in [-0.15, -0.1) is 0 Å². The lowest BCUT2D eigenvalue weighted by molar-refractivity contribution is -0.166. The van der Waals surface area contributed by atoms with Crippen molar-refractivity contribution in [2.45, 2.75) is 12.2 Å². The average Bonchev–Trinajstić information content (AvgIpc) is 2.66. The Hall–Kier alpha value is -3.68. The largest absolute Gasteiger partial charge is 0.478 e. The molecule has 8 nitrogen and oxygen atoms in total. The fourth-order valence-electron chi connectivity index (χ4n) is 1.91. The van der Waals surface area contributed by atoms with E-state index in [0.29, 0.717) is 0 Å². The van der Waals surface area contributed by atoms with Crippen LogP contribution in [0, 0.1) is 0 Å². The summed E-state index contributed by atoms with van der Waals surface area (Å²) in [5.41, 5.74) is -0.167. The van der Waals surface area contributed by atoms with E-state index in [9.17, 15) is 29.4 Å². The molecular formula is C18H14O8. The molecule has 8 heteroatoms. The zero-order valence-electron chi connectivity index (χ0n) is 14.2. The van der Waals surface area contributed by atoms with Gasteiger partial charge in [0.15, 0.2) is 0 Å². The van der Waals surface area contributed by atoms with Gasteiger partial charge in [-0.05, 0) is 24.3 Å². The summed E-state index contributed by atoms with van der Waals surface area (Å²) in [5, 5.41) is 18.6. The topological polar surface area (TPSA) is 127 Å². The molecule has 134 valence electrons. The fraction of sp³-hybridized carbons (Fsp3) is 0.111. The summed E-state index contributed by atoms with van der Waals surface area (Å²) in [6.45, 7) is 0. The number of hydrogen-bond donors (Lipinski definition) is 2. The zero-order chi connectivity index (χ0) is 20.0. The highest BCUT2D eigenvalue weighted by Gasteiger charge is 2.40. The number of aliphatic carboxylic acids is 2. The number of esters is 2. The van der Waals surface area contributed by atoms with Crippen LogP contribution < -0.4 is 0 Å². The molecule has 2 aromatic rings. The molecule has 0 aliphatic carbocycles. The van der Waals surface area contributed by atoms with Gasteiger partial charge in [0.2, 0.25) is 12.2 Å². The van der Waals surface area contributed by atoms with Crippen LogP contribution >= 0.6 is 0 Å². The maximum absolute atomic E-state index is 12.1. The number of rotatable bonds is 7. The smallest absolute Gasteiger partial charge is 0.349 e. The first-order chi connectivity index (χ1) is 12.8. The minimum absolute atomic E-state index is 0.0640. The molecule has 0 aromatic heterocycles. The Kier molecular flexibility index (Phi) is 5.56. The Labute approximate surface area is 149 Å². The molecule has 0 saturated carbocycles. The van der Waals surface area contributed by atoms with Gasteiger partial charge in [0.1, 0.15) is 0 Å². The van der Waals surface area contributed by atoms with E-state index in [4.69, 9.17) is 1.37 Å². The molecule has 0 aliphatic rings. The molecular weight excluding hydrogens is 344 g/mol. The number of benzene rings is 2. The van der Waals surface area contributed by atoms with E-state index >= 15 is 0 Å². The lowest BCUT2D eigenvalue weighted by Crippen LogP contribution is -2.45. The van der Waals surface area contributed by atoms with Crippen molar-refractivity contribution < 1.29 is 40.2 Å². The summed E-state index contributed by atoms with van der Waals surface area (Å²) in [4.78, 5) is 47.2. The number of carbonyl (C=O) groups excluding carboxylic acids is 2. The second kappa shape index (κ2) is 8.43. The molecule has 0 bridgehead atoms. The van der Waals surface area contributed by atoms with Gasteiger partial charge in [-0.3, -0.25) is 0 Å². The summed E-state index contributed by atoms with van der Waals surface area (Å²) >= 11 is 0. The second-order valence-corrected chi connectivity index (χ2v) is 4.91. The van der Waals surface area contributed by atoms with E-state index in [2.05, 4.69) is 9.47 Å². The van der Waals surface area contributed by atoms with E-state index in [-0.39, 0.29) is 11.1 Å². The van der Waals surface area contributed by atoms with Crippen LogP contribution in [0.2, 0.25) is 0 Å². The van der Waals surface area contributed by atoms with E-state index in [1.54, 1.807) is 12.1 Å². The van der Waals surface area contributed by atoms with Crippen LogP contribution in [0.4, 0.5) is 0 Å². The highest BCUT2D eigenvalue weighted by atomic mass is 16.6. The minimum atomic E-state index is -3.40. The van der Waals surface area contributed by atoms with Crippen molar-refractivity contribution in [3.8, 4) is 0 Å². The summed E-state index contributed by atoms with van der Waals surface area (Å²) in [7, 11) is 0. The Bertz CT molecular complexity index is 852. The van der Waals surface area contributed by atoms with Gasteiger partial charge in [-0.2, -0.15) is 0 Å². The second-order valence-electron chi connectivity index (χ2n) is 4.91. The maximum atomic E-state index is 12.1. The van der Waals surface area contributed by atoms with Crippen molar-refractivity contribution in [3.63, 3.8) is 0 Å². The summed E-state index contributed by atoms with van der Waals surface area (Å²) in [6, 6.07) is 14.3. The molecule has 0 spiro atoms. The number of hydrogen-bond acceptors (Lipinski definition) is 6. The summed E-state index contributed by atoms with van der Waals surface area (Å²) < 4.78 is 17.2. The molecule has 0 amide bonds. The van der Waals surface area contributed by atoms with E-state index < -0.39 is 36.1 Å². The number of carboxylic acids is 2. The molecule has 26 heavy (non-hydrogen) atoms. The monoisotopic (exact) mass is 359 g/mol. The van der Waals surface area contributed by atoms with Crippen LogP contribution in [0.3, 0.4) is 0 Å².